The van der Waals surface area contributed by atoms with E-state index < -0.39 is 15.9 Å². The van der Waals surface area contributed by atoms with E-state index in [1.165, 1.54) is 34.6 Å². The summed E-state index contributed by atoms with van der Waals surface area (Å²) in [6, 6.07) is 19.1. The van der Waals surface area contributed by atoms with Gasteiger partial charge in [0, 0.05) is 34.8 Å². The first-order valence-electron chi connectivity index (χ1n) is 11.1. The number of sulfonamides is 1. The Morgan fingerprint density at radius 1 is 0.914 bits per heavy atom. The number of hydrogen-bond donors (Lipinski definition) is 1. The largest absolute Gasteiger partial charge is 0.373 e. The van der Waals surface area contributed by atoms with Crippen LogP contribution in [0.2, 0.25) is 5.02 Å². The number of benzene rings is 3. The fourth-order valence-corrected chi connectivity index (χ4v) is 5.77. The molecule has 0 radical (unpaired) electrons. The van der Waals surface area contributed by atoms with Gasteiger partial charge in [-0.2, -0.15) is 4.31 Å². The summed E-state index contributed by atoms with van der Waals surface area (Å²) < 4.78 is 33.1. The van der Waals surface area contributed by atoms with Crippen molar-refractivity contribution in [2.45, 2.75) is 31.0 Å². The molecule has 1 saturated heterocycles. The second kappa shape index (κ2) is 10.3. The molecule has 1 aliphatic heterocycles. The van der Waals surface area contributed by atoms with Crippen LogP contribution in [0, 0.1) is 0 Å². The number of ether oxygens (including phenoxy) is 1. The number of anilines is 1. The lowest BCUT2D eigenvalue weighted by Gasteiger charge is -2.34. The summed E-state index contributed by atoms with van der Waals surface area (Å²) in [7, 11) is -3.72. The molecule has 3 aromatic rings. The number of halogens is 1. The maximum Gasteiger partial charge on any atom is 0.255 e. The summed E-state index contributed by atoms with van der Waals surface area (Å²) in [6.07, 6.45) is -0.406. The number of carbonyl (C=O) groups excluding carboxylic acids is 2. The van der Waals surface area contributed by atoms with Crippen molar-refractivity contribution in [1.82, 2.24) is 4.31 Å². The third-order valence-corrected chi connectivity index (χ3v) is 7.73. The number of morpholine rings is 1. The molecule has 1 heterocycles. The molecule has 7 nitrogen and oxygen atoms in total. The highest BCUT2D eigenvalue weighted by atomic mass is 35.5. The first-order chi connectivity index (χ1) is 16.6. The smallest absolute Gasteiger partial charge is 0.255 e. The molecule has 1 N–H and O–H groups in total. The first-order valence-corrected chi connectivity index (χ1v) is 12.9. The summed E-state index contributed by atoms with van der Waals surface area (Å²) in [5.74, 6) is -0.759. The van der Waals surface area contributed by atoms with Crippen LogP contribution in [0.1, 0.15) is 40.1 Å². The Hall–Kier alpha value is -3.04. The molecule has 2 atom stereocenters. The zero-order valence-corrected chi connectivity index (χ0v) is 20.8. The van der Waals surface area contributed by atoms with Gasteiger partial charge in [0.2, 0.25) is 10.0 Å². The molecule has 3 aromatic carbocycles. The van der Waals surface area contributed by atoms with E-state index in [1.54, 1.807) is 36.4 Å². The Morgan fingerprint density at radius 3 is 2.17 bits per heavy atom. The molecule has 0 bridgehead atoms. The number of hydrogen-bond acceptors (Lipinski definition) is 5. The quantitative estimate of drug-likeness (QED) is 0.486. The Bertz CT molecular complexity index is 1330. The van der Waals surface area contributed by atoms with Gasteiger partial charge in [-0.05, 0) is 56.3 Å². The second-order valence-corrected chi connectivity index (χ2v) is 10.8. The van der Waals surface area contributed by atoms with E-state index in [9.17, 15) is 18.0 Å². The van der Waals surface area contributed by atoms with Gasteiger partial charge < -0.3 is 10.1 Å². The van der Waals surface area contributed by atoms with Crippen LogP contribution < -0.4 is 5.32 Å². The molecule has 0 spiro atoms. The number of carbonyl (C=O) groups is 2. The molecular formula is C26H25ClN2O5S. The second-order valence-electron chi connectivity index (χ2n) is 8.44. The van der Waals surface area contributed by atoms with E-state index in [4.69, 9.17) is 16.3 Å². The van der Waals surface area contributed by atoms with Crippen LogP contribution in [0.5, 0.6) is 0 Å². The number of nitrogens with zero attached hydrogens (tertiary/aromatic N) is 1. The highest BCUT2D eigenvalue weighted by molar-refractivity contribution is 7.89. The van der Waals surface area contributed by atoms with Gasteiger partial charge in [-0.1, -0.05) is 41.9 Å². The molecule has 9 heteroatoms. The zero-order chi connectivity index (χ0) is 25.2. The molecule has 0 aliphatic carbocycles. The van der Waals surface area contributed by atoms with Crippen LogP contribution in [0.25, 0.3) is 0 Å². The highest BCUT2D eigenvalue weighted by Crippen LogP contribution is 2.25. The van der Waals surface area contributed by atoms with Crippen molar-refractivity contribution in [2.75, 3.05) is 18.4 Å². The minimum absolute atomic E-state index is 0.0989. The maximum absolute atomic E-state index is 13.1. The number of rotatable bonds is 6. The van der Waals surface area contributed by atoms with E-state index in [2.05, 4.69) is 5.32 Å². The van der Waals surface area contributed by atoms with Crippen molar-refractivity contribution in [3.8, 4) is 0 Å². The molecule has 4 rings (SSSR count). The predicted octanol–water partition coefficient (Wildman–Crippen LogP) is 4.62. The summed E-state index contributed by atoms with van der Waals surface area (Å²) in [4.78, 5) is 26.0. The van der Waals surface area contributed by atoms with Crippen LogP contribution in [-0.2, 0) is 14.8 Å². The third kappa shape index (κ3) is 5.62. The van der Waals surface area contributed by atoms with Gasteiger partial charge >= 0.3 is 0 Å². The summed E-state index contributed by atoms with van der Waals surface area (Å²) >= 11 is 6.11. The molecule has 35 heavy (non-hydrogen) atoms. The topological polar surface area (TPSA) is 92.8 Å². The van der Waals surface area contributed by atoms with E-state index in [0.29, 0.717) is 16.3 Å². The van der Waals surface area contributed by atoms with Gasteiger partial charge in [0.25, 0.3) is 5.91 Å². The number of amides is 1. The molecular weight excluding hydrogens is 488 g/mol. The normalized spacial score (nSPS) is 18.7. The van der Waals surface area contributed by atoms with Crippen molar-refractivity contribution < 1.29 is 22.7 Å². The lowest BCUT2D eigenvalue weighted by Crippen LogP contribution is -2.48. The monoisotopic (exact) mass is 512 g/mol. The van der Waals surface area contributed by atoms with Crippen LogP contribution in [0.15, 0.2) is 77.7 Å². The standard InChI is InChI=1S/C26H25ClN2O5S/c1-17-15-29(16-18(2)34-17)35(32,33)22-11-8-20(9-12-22)26(31)28-24-13-10-21(27)14-23(24)25(30)19-6-4-3-5-7-19/h3-14,17-18H,15-16H2,1-2H3,(H,28,31). The lowest BCUT2D eigenvalue weighted by molar-refractivity contribution is -0.0440. The number of ketones is 1. The molecule has 0 saturated carbocycles. The summed E-state index contributed by atoms with van der Waals surface area (Å²) in [5.41, 5.74) is 1.28. The van der Waals surface area contributed by atoms with Crippen molar-refractivity contribution in [1.29, 1.82) is 0 Å². The Labute approximate surface area is 209 Å². The lowest BCUT2D eigenvalue weighted by atomic mass is 10.0. The highest BCUT2D eigenvalue weighted by Gasteiger charge is 2.32. The maximum atomic E-state index is 13.1. The third-order valence-electron chi connectivity index (χ3n) is 5.65. The molecule has 182 valence electrons. The molecule has 1 fully saturated rings. The average Bonchev–Trinajstić information content (AvgIpc) is 2.84. The van der Waals surface area contributed by atoms with E-state index in [0.717, 1.165) is 0 Å². The van der Waals surface area contributed by atoms with Crippen LogP contribution >= 0.6 is 11.6 Å². The van der Waals surface area contributed by atoms with Crippen molar-refractivity contribution in [3.63, 3.8) is 0 Å². The minimum atomic E-state index is -3.72. The average molecular weight is 513 g/mol. The molecule has 1 aliphatic rings. The van der Waals surface area contributed by atoms with Gasteiger partial charge in [-0.3, -0.25) is 9.59 Å². The first kappa shape index (κ1) is 25.1. The van der Waals surface area contributed by atoms with Crippen LogP contribution in [0.3, 0.4) is 0 Å². The Morgan fingerprint density at radius 2 is 1.54 bits per heavy atom. The van der Waals surface area contributed by atoms with E-state index in [-0.39, 0.29) is 47.1 Å². The van der Waals surface area contributed by atoms with Crippen molar-refractivity contribution in [3.05, 3.63) is 94.5 Å². The van der Waals surface area contributed by atoms with Gasteiger partial charge in [-0.15, -0.1) is 0 Å². The van der Waals surface area contributed by atoms with E-state index in [1.807, 2.05) is 19.9 Å². The molecule has 1 amide bonds. The predicted molar refractivity (Wildman–Crippen MR) is 134 cm³/mol. The van der Waals surface area contributed by atoms with Gasteiger partial charge in [0.05, 0.1) is 22.8 Å². The summed E-state index contributed by atoms with van der Waals surface area (Å²) in [6.45, 7) is 4.20. The van der Waals surface area contributed by atoms with Gasteiger partial charge in [0.1, 0.15) is 0 Å². The fraction of sp³-hybridized carbons (Fsp3) is 0.231. The minimum Gasteiger partial charge on any atom is -0.373 e. The van der Waals surface area contributed by atoms with Crippen molar-refractivity contribution in [2.24, 2.45) is 0 Å². The fourth-order valence-electron chi connectivity index (χ4n) is 4.01. The Kier molecular flexibility index (Phi) is 7.37. The van der Waals surface area contributed by atoms with Gasteiger partial charge in [0.15, 0.2) is 5.78 Å². The molecule has 2 unspecified atom stereocenters. The summed E-state index contributed by atoms with van der Waals surface area (Å²) in [5, 5.41) is 3.11. The van der Waals surface area contributed by atoms with Crippen LogP contribution in [0.4, 0.5) is 5.69 Å². The van der Waals surface area contributed by atoms with Crippen molar-refractivity contribution >= 4 is 39.0 Å². The van der Waals surface area contributed by atoms with Crippen LogP contribution in [-0.4, -0.2) is 49.7 Å². The zero-order valence-electron chi connectivity index (χ0n) is 19.3. The Balaban J connectivity index is 1.54. The molecule has 0 aromatic heterocycles. The number of nitrogens with one attached hydrogen (secondary N) is 1. The van der Waals surface area contributed by atoms with Gasteiger partial charge in [-0.25, -0.2) is 8.42 Å². The van der Waals surface area contributed by atoms with E-state index >= 15 is 0 Å². The SMILES string of the molecule is CC1CN(S(=O)(=O)c2ccc(C(=O)Nc3ccc(Cl)cc3C(=O)c3ccccc3)cc2)CC(C)O1.